The molecule has 140 valence electrons. The molecule has 1 saturated heterocycles. The van der Waals surface area contributed by atoms with E-state index in [4.69, 9.17) is 10.5 Å². The predicted molar refractivity (Wildman–Crippen MR) is 101 cm³/mol. The maximum Gasteiger partial charge on any atom is 0.267 e. The van der Waals surface area contributed by atoms with E-state index in [1.165, 1.54) is 6.42 Å². The van der Waals surface area contributed by atoms with Gasteiger partial charge >= 0.3 is 0 Å². The third kappa shape index (κ3) is 3.45. The van der Waals surface area contributed by atoms with Gasteiger partial charge in [0.25, 0.3) is 11.8 Å². The molecule has 7 nitrogen and oxygen atoms in total. The van der Waals surface area contributed by atoms with Crippen molar-refractivity contribution in [3.63, 3.8) is 0 Å². The number of aromatic nitrogens is 1. The van der Waals surface area contributed by atoms with Crippen LogP contribution in [-0.2, 0) is 0 Å². The molecule has 0 unspecified atom stereocenters. The number of anilines is 2. The van der Waals surface area contributed by atoms with Crippen LogP contribution in [0.1, 0.15) is 40.1 Å². The van der Waals surface area contributed by atoms with Gasteiger partial charge in [0.2, 0.25) is 0 Å². The molecule has 0 radical (unpaired) electrons. The second-order valence-corrected chi connectivity index (χ2v) is 6.80. The maximum absolute atomic E-state index is 12.7. The Bertz CT molecular complexity index is 860. The van der Waals surface area contributed by atoms with Gasteiger partial charge in [-0.05, 0) is 49.6 Å². The van der Waals surface area contributed by atoms with Crippen molar-refractivity contribution in [1.29, 1.82) is 0 Å². The van der Waals surface area contributed by atoms with Crippen LogP contribution in [0.2, 0.25) is 0 Å². The molecule has 2 aliphatic heterocycles. The zero-order valence-corrected chi connectivity index (χ0v) is 15.1. The summed E-state index contributed by atoms with van der Waals surface area (Å²) in [6.45, 7) is 2.80. The fourth-order valence-electron chi connectivity index (χ4n) is 3.59. The third-order valence-corrected chi connectivity index (χ3v) is 5.03. The number of rotatable bonds is 3. The van der Waals surface area contributed by atoms with E-state index in [1.807, 2.05) is 29.2 Å². The summed E-state index contributed by atoms with van der Waals surface area (Å²) in [6, 6.07) is 9.01. The first kappa shape index (κ1) is 17.3. The normalized spacial score (nSPS) is 16.4. The Balaban J connectivity index is 1.59. The minimum absolute atomic E-state index is 0.0608. The highest BCUT2D eigenvalue weighted by atomic mass is 16.5. The number of piperidine rings is 1. The number of hydrogen-bond donors (Lipinski definition) is 1. The molecule has 3 heterocycles. The molecule has 0 atom stereocenters. The number of fused-ring (bicyclic) bond motifs is 1. The summed E-state index contributed by atoms with van der Waals surface area (Å²) in [4.78, 5) is 32.0. The van der Waals surface area contributed by atoms with Crippen molar-refractivity contribution < 1.29 is 14.3 Å². The number of hydrogen-bond acceptors (Lipinski definition) is 5. The first-order valence-electron chi connectivity index (χ1n) is 9.23. The molecule has 0 saturated carbocycles. The molecular weight excluding hydrogens is 344 g/mol. The average molecular weight is 366 g/mol. The van der Waals surface area contributed by atoms with Crippen LogP contribution in [0.25, 0.3) is 0 Å². The zero-order valence-electron chi connectivity index (χ0n) is 15.1. The first-order chi connectivity index (χ1) is 13.1. The molecule has 1 fully saturated rings. The highest BCUT2D eigenvalue weighted by Crippen LogP contribution is 2.37. The van der Waals surface area contributed by atoms with Crippen molar-refractivity contribution in [3.05, 3.63) is 47.8 Å². The lowest BCUT2D eigenvalue weighted by Gasteiger charge is -2.32. The van der Waals surface area contributed by atoms with Crippen LogP contribution in [0.15, 0.2) is 36.5 Å². The molecule has 1 aromatic carbocycles. The fraction of sp³-hybridized carbons (Fsp3) is 0.350. The van der Waals surface area contributed by atoms with Gasteiger partial charge in [-0.15, -0.1) is 0 Å². The molecule has 2 amide bonds. The first-order valence-corrected chi connectivity index (χ1v) is 9.23. The van der Waals surface area contributed by atoms with Gasteiger partial charge in [0, 0.05) is 18.7 Å². The van der Waals surface area contributed by atoms with Crippen LogP contribution in [0.3, 0.4) is 0 Å². The molecule has 27 heavy (non-hydrogen) atoms. The van der Waals surface area contributed by atoms with Crippen molar-refractivity contribution in [2.45, 2.75) is 19.3 Å². The summed E-state index contributed by atoms with van der Waals surface area (Å²) < 4.78 is 5.81. The summed E-state index contributed by atoms with van der Waals surface area (Å²) >= 11 is 0. The molecule has 0 spiro atoms. The van der Waals surface area contributed by atoms with Gasteiger partial charge in [-0.25, -0.2) is 4.98 Å². The van der Waals surface area contributed by atoms with E-state index in [-0.39, 0.29) is 11.6 Å². The second-order valence-electron chi connectivity index (χ2n) is 6.80. The second kappa shape index (κ2) is 7.26. The number of ether oxygens (including phenoxy) is 1. The SMILES string of the molecule is NC(=O)c1ccc(N2CCOc3cc(C(=O)N4CCCCC4)ccc32)cn1. The number of pyridine rings is 1. The summed E-state index contributed by atoms with van der Waals surface area (Å²) in [5.41, 5.74) is 7.86. The van der Waals surface area contributed by atoms with E-state index < -0.39 is 5.91 Å². The van der Waals surface area contributed by atoms with Gasteiger partial charge in [-0.1, -0.05) is 0 Å². The van der Waals surface area contributed by atoms with Crippen LogP contribution in [0, 0.1) is 0 Å². The lowest BCUT2D eigenvalue weighted by Crippen LogP contribution is -2.35. The Hall–Kier alpha value is -3.09. The lowest BCUT2D eigenvalue weighted by molar-refractivity contribution is 0.0723. The molecule has 0 bridgehead atoms. The van der Waals surface area contributed by atoms with Crippen molar-refractivity contribution in [2.24, 2.45) is 5.73 Å². The van der Waals surface area contributed by atoms with E-state index in [1.54, 1.807) is 12.3 Å². The summed E-state index contributed by atoms with van der Waals surface area (Å²) in [5, 5.41) is 0. The standard InChI is InChI=1S/C20H22N4O3/c21-19(25)16-6-5-15(13-22-16)24-10-11-27-18-12-14(4-7-17(18)24)20(26)23-8-2-1-3-9-23/h4-7,12-13H,1-3,8-11H2,(H2,21,25). The lowest BCUT2D eigenvalue weighted by atomic mass is 10.1. The number of carbonyl (C=O) groups is 2. The van der Waals surface area contributed by atoms with Crippen molar-refractivity contribution in [3.8, 4) is 5.75 Å². The summed E-state index contributed by atoms with van der Waals surface area (Å²) in [5.74, 6) is 0.193. The third-order valence-electron chi connectivity index (χ3n) is 5.03. The minimum atomic E-state index is -0.551. The Morgan fingerprint density at radius 3 is 2.56 bits per heavy atom. The summed E-state index contributed by atoms with van der Waals surface area (Å²) in [7, 11) is 0. The average Bonchev–Trinajstić information content (AvgIpc) is 2.73. The van der Waals surface area contributed by atoms with Gasteiger partial charge in [-0.3, -0.25) is 9.59 Å². The maximum atomic E-state index is 12.7. The van der Waals surface area contributed by atoms with Crippen LogP contribution >= 0.6 is 0 Å². The number of amides is 2. The highest BCUT2D eigenvalue weighted by molar-refractivity contribution is 5.96. The van der Waals surface area contributed by atoms with E-state index in [0.29, 0.717) is 24.5 Å². The van der Waals surface area contributed by atoms with Gasteiger partial charge in [0.1, 0.15) is 18.1 Å². The minimum Gasteiger partial charge on any atom is -0.490 e. The van der Waals surface area contributed by atoms with Gasteiger partial charge in [-0.2, -0.15) is 0 Å². The van der Waals surface area contributed by atoms with E-state index >= 15 is 0 Å². The van der Waals surface area contributed by atoms with Crippen LogP contribution in [0.4, 0.5) is 11.4 Å². The molecule has 2 aromatic rings. The smallest absolute Gasteiger partial charge is 0.267 e. The number of nitrogens with two attached hydrogens (primary N) is 1. The molecule has 0 aliphatic carbocycles. The van der Waals surface area contributed by atoms with Crippen molar-refractivity contribution >= 4 is 23.2 Å². The Kier molecular flexibility index (Phi) is 4.66. The van der Waals surface area contributed by atoms with Crippen molar-refractivity contribution in [1.82, 2.24) is 9.88 Å². The Morgan fingerprint density at radius 1 is 1.04 bits per heavy atom. The van der Waals surface area contributed by atoms with Gasteiger partial charge in [0.15, 0.2) is 0 Å². The zero-order chi connectivity index (χ0) is 18.8. The largest absolute Gasteiger partial charge is 0.490 e. The fourth-order valence-corrected chi connectivity index (χ4v) is 3.59. The molecule has 7 heteroatoms. The van der Waals surface area contributed by atoms with E-state index in [0.717, 1.165) is 37.3 Å². The van der Waals surface area contributed by atoms with E-state index in [9.17, 15) is 9.59 Å². The van der Waals surface area contributed by atoms with Crippen molar-refractivity contribution in [2.75, 3.05) is 31.1 Å². The highest BCUT2D eigenvalue weighted by Gasteiger charge is 2.24. The monoisotopic (exact) mass is 366 g/mol. The van der Waals surface area contributed by atoms with Gasteiger partial charge in [0.05, 0.1) is 24.1 Å². The number of nitrogens with zero attached hydrogens (tertiary/aromatic N) is 3. The molecule has 2 aliphatic rings. The topological polar surface area (TPSA) is 88.8 Å². The molecular formula is C20H22N4O3. The van der Waals surface area contributed by atoms with Crippen LogP contribution < -0.4 is 15.4 Å². The Labute approximate surface area is 157 Å². The number of likely N-dealkylation sites (tertiary alicyclic amines) is 1. The van der Waals surface area contributed by atoms with Crippen LogP contribution in [-0.4, -0.2) is 47.9 Å². The number of primary amides is 1. The van der Waals surface area contributed by atoms with Gasteiger partial charge < -0.3 is 20.3 Å². The molecule has 1 aromatic heterocycles. The quantitative estimate of drug-likeness (QED) is 0.901. The molecule has 4 rings (SSSR count). The number of benzene rings is 1. The predicted octanol–water partition coefficient (Wildman–Crippen LogP) is 2.34. The summed E-state index contributed by atoms with van der Waals surface area (Å²) in [6.07, 6.45) is 4.95. The molecule has 2 N–H and O–H groups in total. The van der Waals surface area contributed by atoms with E-state index in [2.05, 4.69) is 9.88 Å². The van der Waals surface area contributed by atoms with Crippen LogP contribution in [0.5, 0.6) is 5.75 Å². The Morgan fingerprint density at radius 2 is 1.85 bits per heavy atom. The number of carbonyl (C=O) groups excluding carboxylic acids is 2.